The number of hydrogen-bond acceptors (Lipinski definition) is 3. The van der Waals surface area contributed by atoms with Crippen molar-refractivity contribution in [2.75, 3.05) is 0 Å². The predicted molar refractivity (Wildman–Crippen MR) is 98.9 cm³/mol. The number of pyridine rings is 1. The molecule has 0 radical (unpaired) electrons. The Hall–Kier alpha value is -3.26. The van der Waals surface area contributed by atoms with Crippen molar-refractivity contribution in [1.29, 1.82) is 0 Å². The maximum atomic E-state index is 13.9. The molecule has 0 amide bonds. The van der Waals surface area contributed by atoms with Crippen molar-refractivity contribution in [1.82, 2.24) is 4.98 Å². The van der Waals surface area contributed by atoms with Gasteiger partial charge in [0.15, 0.2) is 0 Å². The van der Waals surface area contributed by atoms with E-state index in [1.165, 1.54) is 24.3 Å². The van der Waals surface area contributed by atoms with Gasteiger partial charge in [0.2, 0.25) is 9.84 Å². The summed E-state index contributed by atoms with van der Waals surface area (Å²) in [7, 11) is -4.44. The first kappa shape index (κ1) is 19.1. The van der Waals surface area contributed by atoms with Gasteiger partial charge in [-0.1, -0.05) is 12.1 Å². The van der Waals surface area contributed by atoms with Gasteiger partial charge in [-0.15, -0.1) is 0 Å². The summed E-state index contributed by atoms with van der Waals surface area (Å²) < 4.78 is 81.0. The van der Waals surface area contributed by atoms with E-state index in [0.29, 0.717) is 23.7 Å². The smallest absolute Gasteiger partial charge is 0.208 e. The van der Waals surface area contributed by atoms with Crippen LogP contribution < -0.4 is 0 Å². The third kappa shape index (κ3) is 3.47. The van der Waals surface area contributed by atoms with Gasteiger partial charge in [0.05, 0.1) is 15.3 Å². The maximum absolute atomic E-state index is 13.9. The lowest BCUT2D eigenvalue weighted by molar-refractivity contribution is 0.567. The molecule has 0 saturated heterocycles. The van der Waals surface area contributed by atoms with E-state index < -0.39 is 38.0 Å². The van der Waals surface area contributed by atoms with Crippen molar-refractivity contribution in [3.05, 3.63) is 90.1 Å². The normalized spacial score (nSPS) is 11.7. The van der Waals surface area contributed by atoms with Crippen molar-refractivity contribution >= 4 is 20.7 Å². The van der Waals surface area contributed by atoms with Gasteiger partial charge in [-0.05, 0) is 48.0 Å². The fraction of sp³-hybridized carbons (Fsp3) is 0. The quantitative estimate of drug-likeness (QED) is 0.426. The Morgan fingerprint density at radius 2 is 1.31 bits per heavy atom. The van der Waals surface area contributed by atoms with E-state index in [4.69, 9.17) is 0 Å². The largest absolute Gasteiger partial charge is 0.255 e. The van der Waals surface area contributed by atoms with Crippen LogP contribution in [0.1, 0.15) is 0 Å². The van der Waals surface area contributed by atoms with Crippen LogP contribution in [0.15, 0.2) is 76.7 Å². The Kier molecular flexibility index (Phi) is 4.58. The lowest BCUT2D eigenvalue weighted by Crippen LogP contribution is -2.07. The molecule has 4 rings (SSSR count). The fourth-order valence-corrected chi connectivity index (χ4v) is 4.55. The average Bonchev–Trinajstić information content (AvgIpc) is 2.67. The van der Waals surface area contributed by atoms with Gasteiger partial charge in [-0.25, -0.2) is 26.0 Å². The number of fused-ring (bicyclic) bond motifs is 1. The maximum Gasteiger partial charge on any atom is 0.208 e. The van der Waals surface area contributed by atoms with Crippen molar-refractivity contribution < 1.29 is 26.0 Å². The summed E-state index contributed by atoms with van der Waals surface area (Å²) in [5.41, 5.74) is 0.633. The molecule has 0 saturated carbocycles. The standard InChI is InChI=1S/C21H11F4NO2S/c22-13-3-1-12(2-4-13)21-18-10-14(23)5-6-19(18)26-11-20(21)29(27,28)17-8-15(24)7-16(25)9-17/h1-11H. The third-order valence-corrected chi connectivity index (χ3v) is 6.11. The molecule has 0 bridgehead atoms. The molecule has 0 aliphatic rings. The highest BCUT2D eigenvalue weighted by Gasteiger charge is 2.26. The van der Waals surface area contributed by atoms with Crippen molar-refractivity contribution in [2.24, 2.45) is 0 Å². The molecule has 0 aliphatic carbocycles. The summed E-state index contributed by atoms with van der Waals surface area (Å²) in [5.74, 6) is -3.30. The number of halogens is 4. The first-order chi connectivity index (χ1) is 13.8. The van der Waals surface area contributed by atoms with E-state index in [1.54, 1.807) is 0 Å². The van der Waals surface area contributed by atoms with Gasteiger partial charge in [0, 0.05) is 23.2 Å². The topological polar surface area (TPSA) is 47.0 Å². The minimum Gasteiger partial charge on any atom is -0.255 e. The predicted octanol–water partition coefficient (Wildman–Crippen LogP) is 5.29. The summed E-state index contributed by atoms with van der Waals surface area (Å²) in [6.45, 7) is 0. The highest BCUT2D eigenvalue weighted by atomic mass is 32.2. The van der Waals surface area contributed by atoms with Crippen LogP contribution in [0, 0.1) is 23.3 Å². The molecule has 0 unspecified atom stereocenters. The zero-order valence-electron chi connectivity index (χ0n) is 14.5. The number of rotatable bonds is 3. The summed E-state index contributed by atoms with van der Waals surface area (Å²) in [6.07, 6.45) is 1.04. The van der Waals surface area contributed by atoms with Crippen LogP contribution in [-0.2, 0) is 9.84 Å². The second-order valence-electron chi connectivity index (χ2n) is 6.27. The molecule has 0 aliphatic heterocycles. The molecule has 8 heteroatoms. The molecule has 3 nitrogen and oxygen atoms in total. The molecule has 3 aromatic carbocycles. The highest BCUT2D eigenvalue weighted by molar-refractivity contribution is 7.91. The first-order valence-corrected chi connectivity index (χ1v) is 9.79. The van der Waals surface area contributed by atoms with Gasteiger partial charge in [-0.2, -0.15) is 0 Å². The van der Waals surface area contributed by atoms with Crippen LogP contribution in [0.5, 0.6) is 0 Å². The molecular weight excluding hydrogens is 406 g/mol. The van der Waals surface area contributed by atoms with Crippen molar-refractivity contribution in [2.45, 2.75) is 9.79 Å². The van der Waals surface area contributed by atoms with E-state index in [2.05, 4.69) is 4.98 Å². The van der Waals surface area contributed by atoms with Crippen molar-refractivity contribution in [3.63, 3.8) is 0 Å². The Morgan fingerprint density at radius 1 is 0.690 bits per heavy atom. The lowest BCUT2D eigenvalue weighted by atomic mass is 10.0. The summed E-state index contributed by atoms with van der Waals surface area (Å²) in [5, 5.41) is 0.162. The van der Waals surface area contributed by atoms with Gasteiger partial charge >= 0.3 is 0 Å². The van der Waals surface area contributed by atoms with E-state index in [9.17, 15) is 26.0 Å². The summed E-state index contributed by atoms with van der Waals surface area (Å²) in [6, 6.07) is 10.5. The Morgan fingerprint density at radius 3 is 1.97 bits per heavy atom. The molecule has 146 valence electrons. The van der Waals surface area contributed by atoms with E-state index in [0.717, 1.165) is 24.4 Å². The van der Waals surface area contributed by atoms with Gasteiger partial charge in [0.25, 0.3) is 0 Å². The van der Waals surface area contributed by atoms with Crippen LogP contribution in [0.3, 0.4) is 0 Å². The average molecular weight is 417 g/mol. The number of sulfone groups is 1. The van der Waals surface area contributed by atoms with Crippen LogP contribution in [0.25, 0.3) is 22.0 Å². The zero-order chi connectivity index (χ0) is 20.8. The molecule has 1 aromatic heterocycles. The van der Waals surface area contributed by atoms with E-state index >= 15 is 0 Å². The van der Waals surface area contributed by atoms with Gasteiger partial charge in [0.1, 0.15) is 23.3 Å². The molecule has 0 spiro atoms. The van der Waals surface area contributed by atoms with Crippen LogP contribution in [0.2, 0.25) is 0 Å². The molecule has 29 heavy (non-hydrogen) atoms. The lowest BCUT2D eigenvalue weighted by Gasteiger charge is -2.14. The second-order valence-corrected chi connectivity index (χ2v) is 8.19. The third-order valence-electron chi connectivity index (χ3n) is 4.36. The minimum absolute atomic E-state index is 0.0548. The molecule has 4 aromatic rings. The van der Waals surface area contributed by atoms with E-state index in [-0.39, 0.29) is 21.4 Å². The molecule has 0 atom stereocenters. The van der Waals surface area contributed by atoms with Crippen LogP contribution in [-0.4, -0.2) is 13.4 Å². The SMILES string of the molecule is O=S(=O)(c1cc(F)cc(F)c1)c1cnc2ccc(F)cc2c1-c1ccc(F)cc1. The monoisotopic (exact) mass is 417 g/mol. The Balaban J connectivity index is 2.09. The number of aromatic nitrogens is 1. The Labute approximate surface area is 163 Å². The molecule has 0 N–H and O–H groups in total. The van der Waals surface area contributed by atoms with Gasteiger partial charge < -0.3 is 0 Å². The molecular formula is C21H11F4NO2S. The Bertz CT molecular complexity index is 1330. The first-order valence-electron chi connectivity index (χ1n) is 8.31. The van der Waals surface area contributed by atoms with Crippen LogP contribution in [0.4, 0.5) is 17.6 Å². The number of benzene rings is 3. The molecule has 1 heterocycles. The fourth-order valence-electron chi connectivity index (χ4n) is 3.08. The van der Waals surface area contributed by atoms with Crippen LogP contribution >= 0.6 is 0 Å². The highest BCUT2D eigenvalue weighted by Crippen LogP contribution is 2.37. The van der Waals surface area contributed by atoms with Gasteiger partial charge in [-0.3, -0.25) is 4.98 Å². The number of hydrogen-bond donors (Lipinski definition) is 0. The van der Waals surface area contributed by atoms with Crippen molar-refractivity contribution in [3.8, 4) is 11.1 Å². The minimum atomic E-state index is -4.44. The van der Waals surface area contributed by atoms with E-state index in [1.807, 2.05) is 0 Å². The summed E-state index contributed by atoms with van der Waals surface area (Å²) >= 11 is 0. The zero-order valence-corrected chi connectivity index (χ0v) is 15.4. The molecule has 0 fully saturated rings. The second kappa shape index (κ2) is 6.97. The number of nitrogens with zero attached hydrogens (tertiary/aromatic N) is 1. The summed E-state index contributed by atoms with van der Waals surface area (Å²) in [4.78, 5) is 3.06.